The first kappa shape index (κ1) is 9.05. The number of rotatable bonds is 1. The lowest BCUT2D eigenvalue weighted by Crippen LogP contribution is -2.41. The average Bonchev–Trinajstić information content (AvgIpc) is 2.05. The van der Waals surface area contributed by atoms with Crippen molar-refractivity contribution < 1.29 is 4.79 Å². The number of likely N-dealkylation sites (tertiary alicyclic amines) is 1. The molecule has 0 bridgehead atoms. The van der Waals surface area contributed by atoms with Crippen LogP contribution < -0.4 is 0 Å². The topological polar surface area (TPSA) is 44.1 Å². The molecule has 3 heteroatoms. The second-order valence-electron chi connectivity index (χ2n) is 3.27. The lowest BCUT2D eigenvalue weighted by atomic mass is 10.0. The van der Waals surface area contributed by atoms with E-state index in [-0.39, 0.29) is 12.3 Å². The Labute approximate surface area is 73.0 Å². The second kappa shape index (κ2) is 4.10. The molecule has 3 nitrogen and oxygen atoms in total. The van der Waals surface area contributed by atoms with Crippen LogP contribution in [0.25, 0.3) is 0 Å². The van der Waals surface area contributed by atoms with Crippen molar-refractivity contribution in [3.8, 4) is 6.07 Å². The van der Waals surface area contributed by atoms with Gasteiger partial charge in [0.2, 0.25) is 5.91 Å². The summed E-state index contributed by atoms with van der Waals surface area (Å²) >= 11 is 0. The number of nitrogens with zero attached hydrogens (tertiary/aromatic N) is 2. The van der Waals surface area contributed by atoms with E-state index in [2.05, 4.69) is 6.92 Å². The van der Waals surface area contributed by atoms with E-state index >= 15 is 0 Å². The van der Waals surface area contributed by atoms with Crippen LogP contribution in [0.2, 0.25) is 0 Å². The fourth-order valence-electron chi connectivity index (χ4n) is 1.64. The molecule has 1 aliphatic rings. The van der Waals surface area contributed by atoms with Gasteiger partial charge in [0.25, 0.3) is 0 Å². The maximum Gasteiger partial charge on any atom is 0.237 e. The Balaban J connectivity index is 2.49. The fourth-order valence-corrected chi connectivity index (χ4v) is 1.64. The molecule has 66 valence electrons. The Morgan fingerprint density at radius 2 is 2.42 bits per heavy atom. The third-order valence-electron chi connectivity index (χ3n) is 2.35. The van der Waals surface area contributed by atoms with Crippen LogP contribution in [0.4, 0.5) is 0 Å². The number of nitriles is 1. The van der Waals surface area contributed by atoms with Crippen LogP contribution in [0.1, 0.15) is 32.6 Å². The van der Waals surface area contributed by atoms with E-state index in [1.807, 2.05) is 11.0 Å². The van der Waals surface area contributed by atoms with Crippen LogP contribution >= 0.6 is 0 Å². The Hall–Kier alpha value is -1.04. The number of hydrogen-bond acceptors (Lipinski definition) is 2. The third-order valence-corrected chi connectivity index (χ3v) is 2.35. The largest absolute Gasteiger partial charge is 0.339 e. The van der Waals surface area contributed by atoms with Crippen LogP contribution in [-0.2, 0) is 4.79 Å². The van der Waals surface area contributed by atoms with E-state index in [4.69, 9.17) is 5.26 Å². The fraction of sp³-hybridized carbons (Fsp3) is 0.778. The van der Waals surface area contributed by atoms with Gasteiger partial charge in [-0.15, -0.1) is 0 Å². The smallest absolute Gasteiger partial charge is 0.237 e. The lowest BCUT2D eigenvalue weighted by molar-refractivity contribution is -0.133. The molecule has 0 aromatic rings. The second-order valence-corrected chi connectivity index (χ2v) is 3.27. The molecule has 0 saturated carbocycles. The maximum atomic E-state index is 11.3. The summed E-state index contributed by atoms with van der Waals surface area (Å²) < 4.78 is 0. The maximum absolute atomic E-state index is 11.3. The van der Waals surface area contributed by atoms with Crippen molar-refractivity contribution in [2.75, 3.05) is 6.54 Å². The van der Waals surface area contributed by atoms with Crippen LogP contribution in [0.15, 0.2) is 0 Å². The van der Waals surface area contributed by atoms with E-state index in [1.165, 1.54) is 6.42 Å². The molecule has 0 radical (unpaired) electrons. The third kappa shape index (κ3) is 1.97. The van der Waals surface area contributed by atoms with Crippen molar-refractivity contribution in [3.63, 3.8) is 0 Å². The minimum atomic E-state index is -0.00954. The van der Waals surface area contributed by atoms with E-state index < -0.39 is 0 Å². The number of piperidine rings is 1. The van der Waals surface area contributed by atoms with Crippen molar-refractivity contribution in [2.24, 2.45) is 0 Å². The van der Waals surface area contributed by atoms with E-state index in [0.29, 0.717) is 6.04 Å². The van der Waals surface area contributed by atoms with Gasteiger partial charge in [0.05, 0.1) is 6.07 Å². The summed E-state index contributed by atoms with van der Waals surface area (Å²) in [6.07, 6.45) is 3.40. The highest BCUT2D eigenvalue weighted by molar-refractivity contribution is 5.78. The van der Waals surface area contributed by atoms with Gasteiger partial charge < -0.3 is 4.90 Å². The summed E-state index contributed by atoms with van der Waals surface area (Å²) in [6.45, 7) is 2.89. The van der Waals surface area contributed by atoms with Crippen molar-refractivity contribution in [2.45, 2.75) is 38.6 Å². The standard InChI is InChI=1S/C9H14N2O/c1-8-4-2-3-7-11(8)9(12)5-6-10/h8H,2-5,7H2,1H3/t8-/m1/s1. The monoisotopic (exact) mass is 166 g/mol. The first-order valence-corrected chi connectivity index (χ1v) is 4.42. The van der Waals surface area contributed by atoms with E-state index in [0.717, 1.165) is 19.4 Å². The molecular weight excluding hydrogens is 152 g/mol. The summed E-state index contributed by atoms with van der Waals surface area (Å²) in [5.41, 5.74) is 0. The normalized spacial score (nSPS) is 23.3. The zero-order valence-electron chi connectivity index (χ0n) is 7.42. The molecular formula is C9H14N2O. The molecule has 0 aliphatic carbocycles. The summed E-state index contributed by atoms with van der Waals surface area (Å²) in [5, 5.41) is 8.36. The molecule has 1 fully saturated rings. The molecule has 0 aromatic heterocycles. The number of carbonyl (C=O) groups is 1. The van der Waals surface area contributed by atoms with Gasteiger partial charge >= 0.3 is 0 Å². The Morgan fingerprint density at radius 1 is 1.67 bits per heavy atom. The van der Waals surface area contributed by atoms with Crippen molar-refractivity contribution in [1.82, 2.24) is 4.90 Å². The highest BCUT2D eigenvalue weighted by atomic mass is 16.2. The molecule has 0 aromatic carbocycles. The van der Waals surface area contributed by atoms with Gasteiger partial charge in [-0.1, -0.05) is 0 Å². The van der Waals surface area contributed by atoms with Gasteiger partial charge in [-0.3, -0.25) is 4.79 Å². The van der Waals surface area contributed by atoms with Crippen molar-refractivity contribution >= 4 is 5.91 Å². The highest BCUT2D eigenvalue weighted by Crippen LogP contribution is 2.16. The Kier molecular flexibility index (Phi) is 3.09. The van der Waals surface area contributed by atoms with Crippen LogP contribution in [0.5, 0.6) is 0 Å². The van der Waals surface area contributed by atoms with Gasteiger partial charge in [-0.05, 0) is 26.2 Å². The number of carbonyl (C=O) groups excluding carboxylic acids is 1. The zero-order chi connectivity index (χ0) is 8.97. The van der Waals surface area contributed by atoms with Crippen molar-refractivity contribution in [3.05, 3.63) is 0 Å². The summed E-state index contributed by atoms with van der Waals surface area (Å²) in [6, 6.07) is 2.23. The van der Waals surface area contributed by atoms with E-state index in [9.17, 15) is 4.79 Å². The van der Waals surface area contributed by atoms with E-state index in [1.54, 1.807) is 0 Å². The molecule has 12 heavy (non-hydrogen) atoms. The molecule has 1 heterocycles. The molecule has 0 spiro atoms. The minimum Gasteiger partial charge on any atom is -0.339 e. The molecule has 0 N–H and O–H groups in total. The molecule has 1 saturated heterocycles. The number of hydrogen-bond donors (Lipinski definition) is 0. The zero-order valence-corrected chi connectivity index (χ0v) is 7.42. The van der Waals surface area contributed by atoms with Gasteiger partial charge in [0.1, 0.15) is 6.42 Å². The lowest BCUT2D eigenvalue weighted by Gasteiger charge is -2.32. The average molecular weight is 166 g/mol. The van der Waals surface area contributed by atoms with Gasteiger partial charge in [0, 0.05) is 12.6 Å². The summed E-state index contributed by atoms with van der Waals surface area (Å²) in [4.78, 5) is 13.1. The van der Waals surface area contributed by atoms with Crippen LogP contribution in [0.3, 0.4) is 0 Å². The summed E-state index contributed by atoms with van der Waals surface area (Å²) in [5.74, 6) is -0.00954. The molecule has 1 amide bonds. The molecule has 1 aliphatic heterocycles. The van der Waals surface area contributed by atoms with Gasteiger partial charge in [-0.2, -0.15) is 5.26 Å². The summed E-state index contributed by atoms with van der Waals surface area (Å²) in [7, 11) is 0. The first-order chi connectivity index (χ1) is 5.75. The SMILES string of the molecule is C[C@@H]1CCCCN1C(=O)CC#N. The predicted molar refractivity (Wildman–Crippen MR) is 45.3 cm³/mol. The predicted octanol–water partition coefficient (Wildman–Crippen LogP) is 1.30. The van der Waals surface area contributed by atoms with Crippen LogP contribution in [0, 0.1) is 11.3 Å². The quantitative estimate of drug-likeness (QED) is 0.589. The van der Waals surface area contributed by atoms with Gasteiger partial charge in [-0.25, -0.2) is 0 Å². The number of amides is 1. The first-order valence-electron chi connectivity index (χ1n) is 4.42. The molecule has 1 rings (SSSR count). The Morgan fingerprint density at radius 3 is 3.00 bits per heavy atom. The highest BCUT2D eigenvalue weighted by Gasteiger charge is 2.22. The van der Waals surface area contributed by atoms with Crippen molar-refractivity contribution in [1.29, 1.82) is 5.26 Å². The van der Waals surface area contributed by atoms with Gasteiger partial charge in [0.15, 0.2) is 0 Å². The molecule has 0 unspecified atom stereocenters. The minimum absolute atomic E-state index is 0.00954. The molecule has 1 atom stereocenters. The Bertz CT molecular complexity index is 207. The van der Waals surface area contributed by atoms with Crippen LogP contribution in [-0.4, -0.2) is 23.4 Å².